The predicted molar refractivity (Wildman–Crippen MR) is 89.8 cm³/mol. The number of benzene rings is 1. The van der Waals surface area contributed by atoms with Crippen LogP contribution in [0.1, 0.15) is 30.9 Å². The Labute approximate surface area is 140 Å². The summed E-state index contributed by atoms with van der Waals surface area (Å²) in [6.45, 7) is 7.79. The Bertz CT molecular complexity index is 708. The molecule has 0 N–H and O–H groups in total. The average Bonchev–Trinajstić information content (AvgIpc) is 3.20. The van der Waals surface area contributed by atoms with E-state index in [0.717, 1.165) is 31.6 Å². The topological polar surface area (TPSA) is 63.9 Å². The fraction of sp³-hybridized carbons (Fsp3) is 0.500. The van der Waals surface area contributed by atoms with Crippen LogP contribution < -0.4 is 0 Å². The Morgan fingerprint density at radius 1 is 1.22 bits per heavy atom. The van der Waals surface area contributed by atoms with Crippen LogP contribution in [0.2, 0.25) is 0 Å². The van der Waals surface area contributed by atoms with Gasteiger partial charge >= 0.3 is 0 Å². The minimum Gasteiger partial charge on any atom is -0.342 e. The van der Waals surface area contributed by atoms with E-state index in [2.05, 4.69) is 41.5 Å². The van der Waals surface area contributed by atoms with E-state index in [9.17, 15) is 4.79 Å². The van der Waals surface area contributed by atoms with Crippen molar-refractivity contribution in [1.82, 2.24) is 25.1 Å². The van der Waals surface area contributed by atoms with Crippen molar-refractivity contribution in [3.63, 3.8) is 0 Å². The van der Waals surface area contributed by atoms with Gasteiger partial charge in [0.1, 0.15) is 0 Å². The summed E-state index contributed by atoms with van der Waals surface area (Å²) in [5, 5.41) is 12.4. The van der Waals surface area contributed by atoms with Gasteiger partial charge in [0.15, 0.2) is 0 Å². The lowest BCUT2D eigenvalue weighted by Crippen LogP contribution is -2.34. The predicted octanol–water partition coefficient (Wildman–Crippen LogP) is 2.38. The number of rotatable bonds is 4. The van der Waals surface area contributed by atoms with Crippen LogP contribution in [0.4, 0.5) is 0 Å². The molecule has 2 heterocycles. The van der Waals surface area contributed by atoms with Crippen molar-refractivity contribution in [1.29, 1.82) is 0 Å². The maximum absolute atomic E-state index is 12.4. The summed E-state index contributed by atoms with van der Waals surface area (Å²) in [7, 11) is 0. The van der Waals surface area contributed by atoms with E-state index in [-0.39, 0.29) is 11.2 Å². The Balaban J connectivity index is 1.77. The summed E-state index contributed by atoms with van der Waals surface area (Å²) >= 11 is 1.41. The molecule has 122 valence electrons. The minimum atomic E-state index is -0.190. The molecule has 1 aliphatic rings. The number of thioether (sulfide) groups is 1. The lowest BCUT2D eigenvalue weighted by Gasteiger charge is -2.19. The molecular formula is C16H21N5OS. The molecule has 3 rings (SSSR count). The third-order valence-electron chi connectivity index (χ3n) is 4.22. The first-order valence-corrected chi connectivity index (χ1v) is 8.75. The summed E-state index contributed by atoms with van der Waals surface area (Å²) in [6, 6.07) is 6.11. The maximum atomic E-state index is 12.4. The number of hydrogen-bond acceptors (Lipinski definition) is 5. The van der Waals surface area contributed by atoms with Gasteiger partial charge in [-0.3, -0.25) is 4.79 Å². The number of aromatic nitrogens is 4. The number of carbonyl (C=O) groups is 1. The van der Waals surface area contributed by atoms with E-state index in [4.69, 9.17) is 0 Å². The second kappa shape index (κ2) is 6.70. The highest BCUT2D eigenvalue weighted by Crippen LogP contribution is 2.25. The lowest BCUT2D eigenvalue weighted by molar-refractivity contribution is -0.129. The molecule has 1 unspecified atom stereocenters. The van der Waals surface area contributed by atoms with Gasteiger partial charge < -0.3 is 4.90 Å². The Morgan fingerprint density at radius 3 is 2.65 bits per heavy atom. The van der Waals surface area contributed by atoms with Crippen molar-refractivity contribution in [2.24, 2.45) is 0 Å². The fourth-order valence-corrected chi connectivity index (χ4v) is 3.57. The van der Waals surface area contributed by atoms with E-state index in [1.165, 1.54) is 22.9 Å². The summed E-state index contributed by atoms with van der Waals surface area (Å²) in [5.41, 5.74) is 3.34. The van der Waals surface area contributed by atoms with Gasteiger partial charge in [-0.1, -0.05) is 17.8 Å². The quantitative estimate of drug-likeness (QED) is 0.805. The molecule has 0 saturated carbocycles. The summed E-state index contributed by atoms with van der Waals surface area (Å²) < 4.78 is 1.70. The van der Waals surface area contributed by atoms with E-state index in [1.54, 1.807) is 4.68 Å². The first-order valence-electron chi connectivity index (χ1n) is 7.87. The molecule has 1 amide bonds. The van der Waals surface area contributed by atoms with Gasteiger partial charge in [0.25, 0.3) is 0 Å². The molecule has 1 fully saturated rings. The first-order chi connectivity index (χ1) is 11.1. The minimum absolute atomic E-state index is 0.169. The zero-order valence-corrected chi connectivity index (χ0v) is 14.5. The molecule has 0 bridgehead atoms. The van der Waals surface area contributed by atoms with Crippen molar-refractivity contribution in [2.45, 2.75) is 44.0 Å². The average molecular weight is 331 g/mol. The number of carbonyl (C=O) groups excluding carboxylic acids is 1. The van der Waals surface area contributed by atoms with Crippen LogP contribution in [-0.2, 0) is 4.79 Å². The second-order valence-corrected chi connectivity index (χ2v) is 7.24. The molecule has 1 aromatic carbocycles. The number of amides is 1. The van der Waals surface area contributed by atoms with Gasteiger partial charge in [0.05, 0.1) is 10.9 Å². The van der Waals surface area contributed by atoms with Crippen LogP contribution in [0.25, 0.3) is 5.69 Å². The van der Waals surface area contributed by atoms with Gasteiger partial charge in [-0.25, -0.2) is 0 Å². The first kappa shape index (κ1) is 16.0. The van der Waals surface area contributed by atoms with Crippen LogP contribution in [-0.4, -0.2) is 49.4 Å². The highest BCUT2D eigenvalue weighted by molar-refractivity contribution is 8.00. The standard InChI is InChI=1S/C16H21N5OS/c1-11-6-7-14(10-12(11)2)21-16(17-18-19-21)23-13(3)15(22)20-8-4-5-9-20/h6-7,10,13H,4-5,8-9H2,1-3H3. The summed E-state index contributed by atoms with van der Waals surface area (Å²) in [4.78, 5) is 14.4. The molecule has 0 aliphatic carbocycles. The summed E-state index contributed by atoms with van der Waals surface area (Å²) in [5.74, 6) is 0.169. The van der Waals surface area contributed by atoms with E-state index >= 15 is 0 Å². The van der Waals surface area contributed by atoms with Crippen molar-refractivity contribution in [3.8, 4) is 5.69 Å². The highest BCUT2D eigenvalue weighted by Gasteiger charge is 2.25. The molecule has 0 radical (unpaired) electrons. The van der Waals surface area contributed by atoms with Gasteiger partial charge in [0, 0.05) is 13.1 Å². The number of likely N-dealkylation sites (tertiary alicyclic amines) is 1. The normalized spacial score (nSPS) is 15.9. The molecule has 1 aromatic heterocycles. The van der Waals surface area contributed by atoms with E-state index < -0.39 is 0 Å². The SMILES string of the molecule is Cc1ccc(-n2nnnc2SC(C)C(=O)N2CCCC2)cc1C. The van der Waals surface area contributed by atoms with Gasteiger partial charge in [-0.15, -0.1) is 5.10 Å². The van der Waals surface area contributed by atoms with Crippen LogP contribution in [0.15, 0.2) is 23.4 Å². The van der Waals surface area contributed by atoms with Crippen molar-refractivity contribution < 1.29 is 4.79 Å². The largest absolute Gasteiger partial charge is 0.342 e. The van der Waals surface area contributed by atoms with Crippen LogP contribution >= 0.6 is 11.8 Å². The van der Waals surface area contributed by atoms with Gasteiger partial charge in [-0.2, -0.15) is 4.68 Å². The van der Waals surface area contributed by atoms with Gasteiger partial charge in [0.2, 0.25) is 11.1 Å². The fourth-order valence-electron chi connectivity index (χ4n) is 2.67. The number of nitrogens with zero attached hydrogens (tertiary/aromatic N) is 5. The number of hydrogen-bond donors (Lipinski definition) is 0. The molecule has 23 heavy (non-hydrogen) atoms. The third-order valence-corrected chi connectivity index (χ3v) is 5.24. The number of aryl methyl sites for hydroxylation is 2. The highest BCUT2D eigenvalue weighted by atomic mass is 32.2. The van der Waals surface area contributed by atoms with Crippen LogP contribution in [0, 0.1) is 13.8 Å². The molecule has 1 saturated heterocycles. The molecule has 6 nitrogen and oxygen atoms in total. The van der Waals surface area contributed by atoms with Crippen molar-refractivity contribution >= 4 is 17.7 Å². The lowest BCUT2D eigenvalue weighted by atomic mass is 10.1. The van der Waals surface area contributed by atoms with Crippen LogP contribution in [0.3, 0.4) is 0 Å². The van der Waals surface area contributed by atoms with Crippen molar-refractivity contribution in [3.05, 3.63) is 29.3 Å². The molecule has 7 heteroatoms. The zero-order valence-electron chi connectivity index (χ0n) is 13.7. The second-order valence-electron chi connectivity index (χ2n) is 5.93. The molecule has 1 atom stereocenters. The van der Waals surface area contributed by atoms with Gasteiger partial charge in [-0.05, 0) is 67.3 Å². The van der Waals surface area contributed by atoms with E-state index in [0.29, 0.717) is 5.16 Å². The third kappa shape index (κ3) is 3.39. The van der Waals surface area contributed by atoms with Crippen LogP contribution in [0.5, 0.6) is 0 Å². The molecule has 2 aromatic rings. The van der Waals surface area contributed by atoms with Crippen molar-refractivity contribution in [2.75, 3.05) is 13.1 Å². The monoisotopic (exact) mass is 331 g/mol. The molecular weight excluding hydrogens is 310 g/mol. The zero-order chi connectivity index (χ0) is 16.4. The molecule has 1 aliphatic heterocycles. The maximum Gasteiger partial charge on any atom is 0.235 e. The Hall–Kier alpha value is -1.89. The summed E-state index contributed by atoms with van der Waals surface area (Å²) in [6.07, 6.45) is 2.20. The Kier molecular flexibility index (Phi) is 4.66. The van der Waals surface area contributed by atoms with E-state index in [1.807, 2.05) is 17.9 Å². The molecule has 0 spiro atoms. The Morgan fingerprint density at radius 2 is 1.96 bits per heavy atom. The smallest absolute Gasteiger partial charge is 0.235 e. The number of tetrazole rings is 1.